The molecule has 176 valence electrons. The molecule has 4 aliphatic rings. The molecule has 0 aromatic heterocycles. The Kier molecular flexibility index (Phi) is 6.05. The second-order valence-corrected chi connectivity index (χ2v) is 11.1. The molecule has 8 heteroatoms. The summed E-state index contributed by atoms with van der Waals surface area (Å²) in [6, 6.07) is 0. The summed E-state index contributed by atoms with van der Waals surface area (Å²) in [6.07, 6.45) is 7.25. The molecule has 6 nitrogen and oxygen atoms in total. The van der Waals surface area contributed by atoms with Gasteiger partial charge in [-0.15, -0.1) is 0 Å². The van der Waals surface area contributed by atoms with E-state index in [1.807, 2.05) is 13.0 Å². The van der Waals surface area contributed by atoms with Gasteiger partial charge in [-0.3, -0.25) is 4.79 Å². The third-order valence-electron chi connectivity index (χ3n) is 8.67. The van der Waals surface area contributed by atoms with Gasteiger partial charge in [0, 0.05) is 16.7 Å². The number of ketones is 1. The Morgan fingerprint density at radius 2 is 2.00 bits per heavy atom. The number of esters is 2. The van der Waals surface area contributed by atoms with E-state index in [9.17, 15) is 19.5 Å². The van der Waals surface area contributed by atoms with Gasteiger partial charge in [0.25, 0.3) is 0 Å². The van der Waals surface area contributed by atoms with Gasteiger partial charge in [0.2, 0.25) is 10.4 Å². The fraction of sp³-hybridized carbons (Fsp3) is 0.708. The van der Waals surface area contributed by atoms with Crippen LogP contribution in [0.15, 0.2) is 23.8 Å². The van der Waals surface area contributed by atoms with E-state index in [-0.39, 0.29) is 36.6 Å². The van der Waals surface area contributed by atoms with Crippen LogP contribution in [-0.2, 0) is 23.9 Å². The molecule has 32 heavy (non-hydrogen) atoms. The molecule has 3 saturated carbocycles. The van der Waals surface area contributed by atoms with Crippen LogP contribution in [0.3, 0.4) is 0 Å². The van der Waals surface area contributed by atoms with Crippen molar-refractivity contribution in [2.24, 2.45) is 28.6 Å². The summed E-state index contributed by atoms with van der Waals surface area (Å²) in [7, 11) is 0. The van der Waals surface area contributed by atoms with Crippen LogP contribution in [0.25, 0.3) is 0 Å². The molecule has 0 aromatic carbocycles. The average Bonchev–Trinajstić information content (AvgIpc) is 3.01. The molecular weight excluding hydrogens is 455 g/mol. The number of aliphatic hydroxyl groups excluding tert-OH is 1. The van der Waals surface area contributed by atoms with Crippen molar-refractivity contribution in [3.8, 4) is 0 Å². The van der Waals surface area contributed by atoms with Gasteiger partial charge < -0.3 is 14.6 Å². The second-order valence-electron chi connectivity index (χ2n) is 10.0. The molecule has 0 aliphatic heterocycles. The van der Waals surface area contributed by atoms with Gasteiger partial charge in [-0.25, -0.2) is 9.59 Å². The predicted octanol–water partition coefficient (Wildman–Crippen LogP) is 3.91. The third kappa shape index (κ3) is 3.28. The van der Waals surface area contributed by atoms with Gasteiger partial charge in [0.05, 0.1) is 12.7 Å². The largest absolute Gasteiger partial charge is 0.463 e. The first kappa shape index (κ1) is 23.8. The number of allylic oxidation sites excluding steroid dienone is 4. The minimum atomic E-state index is -1.55. The number of ether oxygens (including phenoxy) is 2. The number of aliphatic hydroxyl groups is 1. The van der Waals surface area contributed by atoms with Crippen LogP contribution in [0.5, 0.6) is 0 Å². The van der Waals surface area contributed by atoms with Crippen molar-refractivity contribution < 1.29 is 29.0 Å². The van der Waals surface area contributed by atoms with Crippen LogP contribution in [0.1, 0.15) is 52.9 Å². The fourth-order valence-electron chi connectivity index (χ4n) is 7.32. The summed E-state index contributed by atoms with van der Waals surface area (Å²) in [6.45, 7) is 5.85. The Balaban J connectivity index is 1.75. The zero-order chi connectivity index (χ0) is 23.5. The number of carbonyl (C=O) groups is 3. The standard InChI is InChI=1S/C24H30Cl2O6/c1-4-31-21(30)24(32-20(29)19(25)26)10-8-16-15-6-5-13-11-14(27)7-9-22(13,2)18(15)17(28)12-23(16,24)3/h7,9,11,15-19,28H,4-6,8,10,12H2,1-3H3/t15?,16?,17?,18?,22?,23?,24-/m0/s1. The van der Waals surface area contributed by atoms with Gasteiger partial charge in [-0.05, 0) is 63.0 Å². The zero-order valence-electron chi connectivity index (χ0n) is 18.6. The lowest BCUT2D eigenvalue weighted by molar-refractivity contribution is -0.212. The van der Waals surface area contributed by atoms with Crippen LogP contribution < -0.4 is 0 Å². The summed E-state index contributed by atoms with van der Waals surface area (Å²) in [5.41, 5.74) is -1.74. The van der Waals surface area contributed by atoms with Gasteiger partial charge >= 0.3 is 11.9 Å². The minimum Gasteiger partial charge on any atom is -0.463 e. The molecule has 0 amide bonds. The smallest absolute Gasteiger partial charge is 0.351 e. The highest BCUT2D eigenvalue weighted by Crippen LogP contribution is 2.68. The van der Waals surface area contributed by atoms with Crippen molar-refractivity contribution in [2.45, 2.75) is 69.4 Å². The van der Waals surface area contributed by atoms with E-state index >= 15 is 0 Å². The molecule has 7 atom stereocenters. The number of carbonyl (C=O) groups excluding carboxylic acids is 3. The van der Waals surface area contributed by atoms with Crippen molar-refractivity contribution in [3.63, 3.8) is 0 Å². The number of hydrogen-bond acceptors (Lipinski definition) is 6. The van der Waals surface area contributed by atoms with Gasteiger partial charge in [-0.1, -0.05) is 48.7 Å². The Morgan fingerprint density at radius 3 is 2.66 bits per heavy atom. The van der Waals surface area contributed by atoms with Crippen LogP contribution in [0.2, 0.25) is 0 Å². The highest BCUT2D eigenvalue weighted by Gasteiger charge is 2.71. The van der Waals surface area contributed by atoms with Gasteiger partial charge in [-0.2, -0.15) is 0 Å². The van der Waals surface area contributed by atoms with Crippen LogP contribution >= 0.6 is 23.2 Å². The number of rotatable bonds is 4. The summed E-state index contributed by atoms with van der Waals surface area (Å²) in [5, 5.41) is 11.5. The first-order valence-electron chi connectivity index (χ1n) is 11.3. The van der Waals surface area contributed by atoms with Gasteiger partial charge in [0.15, 0.2) is 5.78 Å². The number of halogens is 2. The lowest BCUT2D eigenvalue weighted by atomic mass is 9.46. The summed E-state index contributed by atoms with van der Waals surface area (Å²) < 4.78 is 11.1. The monoisotopic (exact) mass is 484 g/mol. The third-order valence-corrected chi connectivity index (χ3v) is 9.03. The zero-order valence-corrected chi connectivity index (χ0v) is 20.1. The molecule has 0 radical (unpaired) electrons. The van der Waals surface area contributed by atoms with E-state index in [0.717, 1.165) is 18.4 Å². The molecule has 0 spiro atoms. The molecular formula is C24H30Cl2O6. The lowest BCUT2D eigenvalue weighted by Crippen LogP contribution is -2.63. The predicted molar refractivity (Wildman–Crippen MR) is 119 cm³/mol. The van der Waals surface area contributed by atoms with Crippen molar-refractivity contribution in [1.82, 2.24) is 0 Å². The molecule has 3 fully saturated rings. The summed E-state index contributed by atoms with van der Waals surface area (Å²) in [4.78, 5) is 36.3. The van der Waals surface area contributed by atoms with Crippen molar-refractivity contribution in [2.75, 3.05) is 6.61 Å². The Bertz CT molecular complexity index is 897. The van der Waals surface area contributed by atoms with E-state index in [0.29, 0.717) is 12.8 Å². The lowest BCUT2D eigenvalue weighted by Gasteiger charge is -2.59. The maximum atomic E-state index is 13.3. The first-order valence-corrected chi connectivity index (χ1v) is 12.2. The molecule has 6 unspecified atom stereocenters. The number of hydrogen-bond donors (Lipinski definition) is 1. The Morgan fingerprint density at radius 1 is 1.28 bits per heavy atom. The molecule has 0 bridgehead atoms. The Hall–Kier alpha value is -1.37. The highest BCUT2D eigenvalue weighted by atomic mass is 35.5. The summed E-state index contributed by atoms with van der Waals surface area (Å²) in [5.74, 6) is -1.47. The van der Waals surface area contributed by atoms with Crippen molar-refractivity contribution >= 4 is 40.9 Å². The van der Waals surface area contributed by atoms with Crippen LogP contribution in [0.4, 0.5) is 0 Å². The fourth-order valence-corrected chi connectivity index (χ4v) is 7.41. The average molecular weight is 485 g/mol. The molecule has 0 aromatic rings. The van der Waals surface area contributed by atoms with E-state index in [1.54, 1.807) is 19.1 Å². The molecule has 4 aliphatic carbocycles. The van der Waals surface area contributed by atoms with E-state index in [2.05, 4.69) is 6.92 Å². The van der Waals surface area contributed by atoms with Crippen molar-refractivity contribution in [3.05, 3.63) is 23.8 Å². The topological polar surface area (TPSA) is 89.9 Å². The number of alkyl halides is 2. The van der Waals surface area contributed by atoms with Crippen molar-refractivity contribution in [1.29, 1.82) is 0 Å². The van der Waals surface area contributed by atoms with Crippen LogP contribution in [-0.4, -0.2) is 46.0 Å². The second kappa shape index (κ2) is 8.14. The maximum absolute atomic E-state index is 13.3. The quantitative estimate of drug-likeness (QED) is 0.480. The first-order chi connectivity index (χ1) is 15.0. The SMILES string of the molecule is CCOC(=O)[C@@]1(OC(=O)C(Cl)Cl)CCC2C3CCC4=CC(=O)C=CC4(C)C3C(O)CC21C. The van der Waals surface area contributed by atoms with E-state index < -0.39 is 39.3 Å². The molecule has 0 heterocycles. The normalized spacial score (nSPS) is 42.6. The summed E-state index contributed by atoms with van der Waals surface area (Å²) >= 11 is 11.5. The number of fused-ring (bicyclic) bond motifs is 5. The molecule has 1 N–H and O–H groups in total. The van der Waals surface area contributed by atoms with E-state index in [1.165, 1.54) is 0 Å². The molecule has 4 rings (SSSR count). The molecule has 0 saturated heterocycles. The van der Waals surface area contributed by atoms with Crippen LogP contribution in [0, 0.1) is 28.6 Å². The van der Waals surface area contributed by atoms with Gasteiger partial charge in [0.1, 0.15) is 0 Å². The Labute approximate surface area is 198 Å². The maximum Gasteiger partial charge on any atom is 0.351 e. The minimum absolute atomic E-state index is 0.0168. The highest BCUT2D eigenvalue weighted by molar-refractivity contribution is 6.53. The van der Waals surface area contributed by atoms with E-state index in [4.69, 9.17) is 32.7 Å².